The van der Waals surface area contributed by atoms with Crippen LogP contribution in [0.4, 0.5) is 17.2 Å². The Morgan fingerprint density at radius 2 is 1.58 bits per heavy atom. The van der Waals surface area contributed by atoms with Crippen LogP contribution < -0.4 is 24.2 Å². The van der Waals surface area contributed by atoms with E-state index in [1.54, 1.807) is 24.3 Å². The topological polar surface area (TPSA) is 98.8 Å². The molecule has 9 heteroatoms. The molecule has 2 aromatic rings. The molecule has 8 nitrogen and oxygen atoms in total. The monoisotopic (exact) mass is 353 g/mol. The van der Waals surface area contributed by atoms with Gasteiger partial charge in [0.05, 0.1) is 39.5 Å². The number of anilines is 3. The van der Waals surface area contributed by atoms with Crippen molar-refractivity contribution >= 4 is 27.2 Å². The second-order valence-corrected chi connectivity index (χ2v) is 6.59. The molecule has 0 atom stereocenters. The van der Waals surface area contributed by atoms with Gasteiger partial charge in [-0.1, -0.05) is 0 Å². The smallest absolute Gasteiger partial charge is 0.230 e. The number of sulfonamides is 1. The Kier molecular flexibility index (Phi) is 5.35. The van der Waals surface area contributed by atoms with Gasteiger partial charge in [0.2, 0.25) is 15.8 Å². The number of nitrogens with zero attached hydrogens (tertiary/aromatic N) is 1. The lowest BCUT2D eigenvalue weighted by Gasteiger charge is -2.15. The predicted molar refractivity (Wildman–Crippen MR) is 92.1 cm³/mol. The summed E-state index contributed by atoms with van der Waals surface area (Å²) in [5.74, 6) is 1.77. The van der Waals surface area contributed by atoms with Crippen molar-refractivity contribution in [2.45, 2.75) is 0 Å². The zero-order valence-electron chi connectivity index (χ0n) is 13.8. The van der Waals surface area contributed by atoms with Crippen LogP contribution in [0.1, 0.15) is 0 Å². The van der Waals surface area contributed by atoms with Crippen LogP contribution in [-0.4, -0.2) is 41.0 Å². The van der Waals surface area contributed by atoms with Gasteiger partial charge in [-0.2, -0.15) is 0 Å². The highest BCUT2D eigenvalue weighted by atomic mass is 32.2. The fourth-order valence-corrected chi connectivity index (χ4v) is 2.54. The number of benzene rings is 1. The maximum atomic E-state index is 11.2. The molecule has 0 spiro atoms. The molecule has 0 saturated carbocycles. The Bertz CT molecular complexity index is 781. The average molecular weight is 353 g/mol. The molecule has 0 radical (unpaired) electrons. The summed E-state index contributed by atoms with van der Waals surface area (Å²) < 4.78 is 40.5. The fraction of sp³-hybridized carbons (Fsp3) is 0.267. The number of hydrogen-bond donors (Lipinski definition) is 2. The van der Waals surface area contributed by atoms with Gasteiger partial charge < -0.3 is 19.5 Å². The summed E-state index contributed by atoms with van der Waals surface area (Å²) in [5, 5.41) is 3.14. The van der Waals surface area contributed by atoms with E-state index in [4.69, 9.17) is 14.2 Å². The van der Waals surface area contributed by atoms with E-state index in [-0.39, 0.29) is 5.82 Å². The largest absolute Gasteiger partial charge is 0.493 e. The van der Waals surface area contributed by atoms with Gasteiger partial charge in [-0.15, -0.1) is 0 Å². The summed E-state index contributed by atoms with van der Waals surface area (Å²) in [6.45, 7) is 0. The number of rotatable bonds is 7. The molecule has 0 aliphatic rings. The number of nitrogens with one attached hydrogen (secondary N) is 2. The number of ether oxygens (including phenoxy) is 3. The first-order valence-corrected chi connectivity index (χ1v) is 8.76. The maximum Gasteiger partial charge on any atom is 0.230 e. The summed E-state index contributed by atoms with van der Waals surface area (Å²) in [7, 11) is 1.25. The molecule has 2 N–H and O–H groups in total. The van der Waals surface area contributed by atoms with E-state index in [2.05, 4.69) is 15.0 Å². The third-order valence-corrected chi connectivity index (χ3v) is 3.59. The molecular formula is C15H19N3O5S. The molecule has 1 aromatic carbocycles. The molecule has 0 fully saturated rings. The minimum absolute atomic E-state index is 0.243. The molecule has 24 heavy (non-hydrogen) atoms. The number of pyridine rings is 1. The SMILES string of the molecule is COc1cc(Nc2ccc(NS(C)(=O)=O)nc2)cc(OC)c1OC. The van der Waals surface area contributed by atoms with Gasteiger partial charge in [0.15, 0.2) is 11.5 Å². The molecule has 2 rings (SSSR count). The van der Waals surface area contributed by atoms with Crippen molar-refractivity contribution in [3.05, 3.63) is 30.5 Å². The minimum Gasteiger partial charge on any atom is -0.493 e. The van der Waals surface area contributed by atoms with Crippen LogP contribution in [-0.2, 0) is 10.0 Å². The van der Waals surface area contributed by atoms with E-state index in [1.165, 1.54) is 27.5 Å². The van der Waals surface area contributed by atoms with Gasteiger partial charge in [0.25, 0.3) is 0 Å². The van der Waals surface area contributed by atoms with Crippen molar-refractivity contribution in [1.29, 1.82) is 0 Å². The highest BCUT2D eigenvalue weighted by Crippen LogP contribution is 2.40. The van der Waals surface area contributed by atoms with Gasteiger partial charge in [-0.3, -0.25) is 4.72 Å². The normalized spacial score (nSPS) is 10.8. The van der Waals surface area contributed by atoms with Crippen LogP contribution in [0.25, 0.3) is 0 Å². The van der Waals surface area contributed by atoms with Gasteiger partial charge in [-0.05, 0) is 12.1 Å². The van der Waals surface area contributed by atoms with E-state index >= 15 is 0 Å². The Labute approximate surface area is 140 Å². The van der Waals surface area contributed by atoms with Gasteiger partial charge in [0, 0.05) is 17.8 Å². The molecule has 130 valence electrons. The second-order valence-electron chi connectivity index (χ2n) is 4.85. The van der Waals surface area contributed by atoms with E-state index in [1.807, 2.05) is 0 Å². The van der Waals surface area contributed by atoms with Crippen molar-refractivity contribution in [1.82, 2.24) is 4.98 Å². The third kappa shape index (κ3) is 4.42. The molecular weight excluding hydrogens is 334 g/mol. The van der Waals surface area contributed by atoms with E-state index in [9.17, 15) is 8.42 Å². The van der Waals surface area contributed by atoms with Gasteiger partial charge in [0.1, 0.15) is 5.82 Å². The zero-order valence-corrected chi connectivity index (χ0v) is 14.6. The minimum atomic E-state index is -3.35. The molecule has 0 unspecified atom stereocenters. The lowest BCUT2D eigenvalue weighted by molar-refractivity contribution is 0.324. The van der Waals surface area contributed by atoms with Gasteiger partial charge in [-0.25, -0.2) is 13.4 Å². The van der Waals surface area contributed by atoms with Crippen molar-refractivity contribution in [3.63, 3.8) is 0 Å². The second kappa shape index (κ2) is 7.26. The summed E-state index contributed by atoms with van der Waals surface area (Å²) in [5.41, 5.74) is 1.37. The Morgan fingerprint density at radius 1 is 0.958 bits per heavy atom. The molecule has 1 heterocycles. The van der Waals surface area contributed by atoms with Crippen LogP contribution in [0.3, 0.4) is 0 Å². The quantitative estimate of drug-likeness (QED) is 0.787. The fourth-order valence-electron chi connectivity index (χ4n) is 2.04. The summed E-state index contributed by atoms with van der Waals surface area (Å²) in [6.07, 6.45) is 2.58. The van der Waals surface area contributed by atoms with Crippen molar-refractivity contribution in [2.75, 3.05) is 37.6 Å². The highest BCUT2D eigenvalue weighted by Gasteiger charge is 2.13. The molecule has 0 aliphatic carbocycles. The Hall–Kier alpha value is -2.68. The highest BCUT2D eigenvalue weighted by molar-refractivity contribution is 7.92. The van der Waals surface area contributed by atoms with Crippen molar-refractivity contribution in [2.24, 2.45) is 0 Å². The Balaban J connectivity index is 2.24. The van der Waals surface area contributed by atoms with E-state index < -0.39 is 10.0 Å². The summed E-state index contributed by atoms with van der Waals surface area (Å²) in [4.78, 5) is 4.04. The maximum absolute atomic E-state index is 11.2. The number of aromatic nitrogens is 1. The lowest BCUT2D eigenvalue weighted by atomic mass is 10.2. The third-order valence-electron chi connectivity index (χ3n) is 3.01. The molecule has 0 bridgehead atoms. The van der Waals surface area contributed by atoms with Crippen LogP contribution >= 0.6 is 0 Å². The molecule has 0 aliphatic heterocycles. The predicted octanol–water partition coefficient (Wildman–Crippen LogP) is 2.22. The van der Waals surface area contributed by atoms with Gasteiger partial charge >= 0.3 is 0 Å². The average Bonchev–Trinajstić information content (AvgIpc) is 2.54. The Morgan fingerprint density at radius 3 is 2.00 bits per heavy atom. The van der Waals surface area contributed by atoms with Crippen LogP contribution in [0, 0.1) is 0 Å². The standard InChI is InChI=1S/C15H19N3O5S/c1-21-12-7-11(8-13(22-2)15(12)23-3)17-10-5-6-14(16-9-10)18-24(4,19)20/h5-9,17H,1-4H3,(H,16,18). The molecule has 0 saturated heterocycles. The summed E-state index contributed by atoms with van der Waals surface area (Å²) >= 11 is 0. The molecule has 0 amide bonds. The van der Waals surface area contributed by atoms with E-state index in [0.29, 0.717) is 28.6 Å². The summed E-state index contributed by atoms with van der Waals surface area (Å²) in [6, 6.07) is 6.76. The molecule has 1 aromatic heterocycles. The lowest BCUT2D eigenvalue weighted by Crippen LogP contribution is -2.10. The van der Waals surface area contributed by atoms with Crippen LogP contribution in [0.15, 0.2) is 30.5 Å². The number of methoxy groups -OCH3 is 3. The van der Waals surface area contributed by atoms with Crippen LogP contribution in [0.5, 0.6) is 17.2 Å². The van der Waals surface area contributed by atoms with E-state index in [0.717, 1.165) is 6.26 Å². The van der Waals surface area contributed by atoms with Crippen molar-refractivity contribution in [3.8, 4) is 17.2 Å². The van der Waals surface area contributed by atoms with Crippen LogP contribution in [0.2, 0.25) is 0 Å². The zero-order chi connectivity index (χ0) is 17.7. The number of hydrogen-bond acceptors (Lipinski definition) is 7. The first kappa shape index (κ1) is 17.7. The van der Waals surface area contributed by atoms with Crippen molar-refractivity contribution < 1.29 is 22.6 Å². The first-order chi connectivity index (χ1) is 11.4. The first-order valence-electron chi connectivity index (χ1n) is 6.87.